The van der Waals surface area contributed by atoms with Gasteiger partial charge in [-0.2, -0.15) is 13.2 Å². The van der Waals surface area contributed by atoms with E-state index in [1.54, 1.807) is 6.07 Å². The van der Waals surface area contributed by atoms with Gasteiger partial charge in [-0.05, 0) is 94.2 Å². The number of alkyl halides is 3. The summed E-state index contributed by atoms with van der Waals surface area (Å²) in [6.45, 7) is 10.4. The van der Waals surface area contributed by atoms with Crippen molar-refractivity contribution in [3.63, 3.8) is 0 Å². The monoisotopic (exact) mass is 542 g/mol. The van der Waals surface area contributed by atoms with E-state index in [1.165, 1.54) is 17.7 Å². The zero-order valence-electron chi connectivity index (χ0n) is 23.7. The number of nitrogens with one attached hydrogen (secondary N) is 1. The van der Waals surface area contributed by atoms with E-state index in [9.17, 15) is 18.0 Å². The molecule has 1 aliphatic carbocycles. The van der Waals surface area contributed by atoms with Crippen molar-refractivity contribution in [3.05, 3.63) is 88.3 Å². The van der Waals surface area contributed by atoms with Crippen LogP contribution in [-0.2, 0) is 28.5 Å². The number of rotatable bonds is 11. The molecule has 0 aliphatic heterocycles. The van der Waals surface area contributed by atoms with Gasteiger partial charge in [0, 0.05) is 6.54 Å². The molecule has 0 bridgehead atoms. The van der Waals surface area contributed by atoms with Crippen molar-refractivity contribution in [1.29, 1.82) is 0 Å². The van der Waals surface area contributed by atoms with Crippen LogP contribution in [-0.4, -0.2) is 29.5 Å². The summed E-state index contributed by atoms with van der Waals surface area (Å²) < 4.78 is 45.5. The van der Waals surface area contributed by atoms with Crippen LogP contribution in [0.25, 0.3) is 6.08 Å². The Labute approximate surface area is 230 Å². The number of ether oxygens (including phenoxy) is 1. The first-order valence-corrected chi connectivity index (χ1v) is 13.8. The zero-order valence-corrected chi connectivity index (χ0v) is 23.7. The number of halogens is 3. The van der Waals surface area contributed by atoms with Crippen LogP contribution in [0.1, 0.15) is 87.7 Å². The molecule has 39 heavy (non-hydrogen) atoms. The smallest absolute Gasteiger partial charge is 0.416 e. The highest BCUT2D eigenvalue weighted by Crippen LogP contribution is 2.32. The normalized spacial score (nSPS) is 14.5. The molecule has 0 heterocycles. The van der Waals surface area contributed by atoms with Gasteiger partial charge in [-0.25, -0.2) is 0 Å². The van der Waals surface area contributed by atoms with Crippen LogP contribution < -0.4 is 5.32 Å². The minimum absolute atomic E-state index is 0.0562. The standard InChI is InChI=1S/C32H41F3N2O2/c1-6-12-29(39-31(3,4)5)36-22-30(38)37(20-11-14-24-13-9-17-26(21-24)32(33,34)35)23(2)27-19-10-16-25-15-7-8-18-28(25)27/h8-10,12-13,16-19,21,23,36H,6-7,11,14-15,20,22H2,1-5H3. The van der Waals surface area contributed by atoms with Crippen molar-refractivity contribution in [3.8, 4) is 0 Å². The molecule has 7 heteroatoms. The maximum atomic E-state index is 13.6. The molecule has 1 N–H and O–H groups in total. The number of amides is 1. The molecular formula is C32H41F3N2O2. The number of allylic oxidation sites excluding steroid dienone is 2. The fourth-order valence-corrected chi connectivity index (χ4v) is 4.85. The van der Waals surface area contributed by atoms with Crippen molar-refractivity contribution in [2.24, 2.45) is 0 Å². The summed E-state index contributed by atoms with van der Waals surface area (Å²) in [6.07, 6.45) is 5.52. The van der Waals surface area contributed by atoms with E-state index in [-0.39, 0.29) is 18.5 Å². The average molecular weight is 543 g/mol. The van der Waals surface area contributed by atoms with Crippen LogP contribution in [0.3, 0.4) is 0 Å². The lowest BCUT2D eigenvalue weighted by molar-refractivity contribution is -0.137. The zero-order chi connectivity index (χ0) is 28.6. The Kier molecular flexibility index (Phi) is 10.3. The van der Waals surface area contributed by atoms with E-state index in [2.05, 4.69) is 29.6 Å². The van der Waals surface area contributed by atoms with Gasteiger partial charge < -0.3 is 15.0 Å². The summed E-state index contributed by atoms with van der Waals surface area (Å²) in [4.78, 5) is 15.5. The summed E-state index contributed by atoms with van der Waals surface area (Å²) >= 11 is 0. The van der Waals surface area contributed by atoms with E-state index in [4.69, 9.17) is 4.74 Å². The van der Waals surface area contributed by atoms with E-state index in [0.29, 0.717) is 30.8 Å². The molecule has 0 saturated heterocycles. The molecule has 0 spiro atoms. The van der Waals surface area contributed by atoms with Crippen molar-refractivity contribution in [1.82, 2.24) is 10.2 Å². The lowest BCUT2D eigenvalue weighted by Crippen LogP contribution is -2.41. The summed E-state index contributed by atoms with van der Waals surface area (Å²) in [5, 5.41) is 3.17. The molecule has 0 aromatic heterocycles. The van der Waals surface area contributed by atoms with Crippen LogP contribution >= 0.6 is 0 Å². The highest BCUT2D eigenvalue weighted by atomic mass is 19.4. The highest BCUT2D eigenvalue weighted by Gasteiger charge is 2.30. The van der Waals surface area contributed by atoms with E-state index >= 15 is 0 Å². The quantitative estimate of drug-likeness (QED) is 0.294. The van der Waals surface area contributed by atoms with Crippen molar-refractivity contribution in [2.75, 3.05) is 13.1 Å². The van der Waals surface area contributed by atoms with E-state index in [1.807, 2.05) is 51.7 Å². The number of nitrogens with zero attached hydrogens (tertiary/aromatic N) is 1. The lowest BCUT2D eigenvalue weighted by Gasteiger charge is -2.32. The second-order valence-electron chi connectivity index (χ2n) is 11.0. The van der Waals surface area contributed by atoms with E-state index < -0.39 is 17.3 Å². The van der Waals surface area contributed by atoms with Gasteiger partial charge in [-0.3, -0.25) is 4.79 Å². The first-order chi connectivity index (χ1) is 18.4. The lowest BCUT2D eigenvalue weighted by atomic mass is 9.90. The van der Waals surface area contributed by atoms with Crippen molar-refractivity contribution in [2.45, 2.75) is 84.5 Å². The Morgan fingerprint density at radius 1 is 1.15 bits per heavy atom. The molecule has 1 atom stereocenters. The van der Waals surface area contributed by atoms with Gasteiger partial charge in [0.1, 0.15) is 5.60 Å². The third-order valence-corrected chi connectivity index (χ3v) is 6.67. The summed E-state index contributed by atoms with van der Waals surface area (Å²) in [6, 6.07) is 11.4. The van der Waals surface area contributed by atoms with Crippen molar-refractivity contribution >= 4 is 12.0 Å². The molecule has 3 rings (SSSR count). The third kappa shape index (κ3) is 8.91. The summed E-state index contributed by atoms with van der Waals surface area (Å²) in [5.74, 6) is 0.471. The first kappa shape index (κ1) is 30.3. The van der Waals surface area contributed by atoms with Gasteiger partial charge >= 0.3 is 6.18 Å². The van der Waals surface area contributed by atoms with Crippen LogP contribution in [0.4, 0.5) is 13.2 Å². The minimum Gasteiger partial charge on any atom is -0.474 e. The Morgan fingerprint density at radius 3 is 2.59 bits per heavy atom. The fourth-order valence-electron chi connectivity index (χ4n) is 4.85. The van der Waals surface area contributed by atoms with Crippen LogP contribution in [0.2, 0.25) is 0 Å². The van der Waals surface area contributed by atoms with Gasteiger partial charge in [-0.15, -0.1) is 0 Å². The van der Waals surface area contributed by atoms with Crippen LogP contribution in [0.5, 0.6) is 0 Å². The van der Waals surface area contributed by atoms with E-state index in [0.717, 1.165) is 36.5 Å². The number of hydrogen-bond acceptors (Lipinski definition) is 3. The molecule has 0 saturated carbocycles. The fraction of sp³-hybridized carbons (Fsp3) is 0.469. The van der Waals surface area contributed by atoms with Gasteiger partial charge in [0.05, 0.1) is 18.2 Å². The van der Waals surface area contributed by atoms with Gasteiger partial charge in [0.25, 0.3) is 0 Å². The second kappa shape index (κ2) is 13.2. The average Bonchev–Trinajstić information content (AvgIpc) is 2.88. The molecule has 212 valence electrons. The number of fused-ring (bicyclic) bond motifs is 1. The molecule has 1 aliphatic rings. The first-order valence-electron chi connectivity index (χ1n) is 13.8. The van der Waals surface area contributed by atoms with Gasteiger partial charge in [0.15, 0.2) is 5.88 Å². The summed E-state index contributed by atoms with van der Waals surface area (Å²) in [7, 11) is 0. The molecular weight excluding hydrogens is 501 g/mol. The Bertz CT molecular complexity index is 1180. The van der Waals surface area contributed by atoms with Crippen molar-refractivity contribution < 1.29 is 22.7 Å². The minimum atomic E-state index is -4.38. The number of carbonyl (C=O) groups excluding carboxylic acids is 1. The van der Waals surface area contributed by atoms with Gasteiger partial charge in [-0.1, -0.05) is 55.5 Å². The molecule has 0 radical (unpaired) electrons. The van der Waals surface area contributed by atoms with Crippen LogP contribution in [0.15, 0.2) is 60.5 Å². The maximum Gasteiger partial charge on any atom is 0.416 e. The molecule has 2 aromatic carbocycles. The largest absolute Gasteiger partial charge is 0.474 e. The highest BCUT2D eigenvalue weighted by molar-refractivity contribution is 5.79. The molecule has 0 fully saturated rings. The molecule has 1 amide bonds. The third-order valence-electron chi connectivity index (χ3n) is 6.67. The number of aryl methyl sites for hydroxylation is 2. The van der Waals surface area contributed by atoms with Crippen LogP contribution in [0, 0.1) is 0 Å². The second-order valence-corrected chi connectivity index (χ2v) is 11.0. The Hall–Kier alpha value is -3.22. The SMILES string of the molecule is CCC=C(NCC(=O)N(CCCc1cccc(C(F)(F)F)c1)C(C)c1cccc2c1C=CCC2)OC(C)(C)C. The predicted octanol–water partition coefficient (Wildman–Crippen LogP) is 7.84. The Morgan fingerprint density at radius 2 is 1.90 bits per heavy atom. The topological polar surface area (TPSA) is 41.6 Å². The Balaban J connectivity index is 1.80. The molecule has 4 nitrogen and oxygen atoms in total. The number of benzene rings is 2. The number of hydrogen-bond donors (Lipinski definition) is 1. The summed E-state index contributed by atoms with van der Waals surface area (Å²) in [5.41, 5.74) is 3.04. The maximum absolute atomic E-state index is 13.6. The molecule has 1 unspecified atom stereocenters. The number of carbonyl (C=O) groups is 1. The van der Waals surface area contributed by atoms with Gasteiger partial charge in [0.2, 0.25) is 5.91 Å². The molecule has 2 aromatic rings. The predicted molar refractivity (Wildman–Crippen MR) is 151 cm³/mol.